The minimum absolute atomic E-state index is 0.303. The first-order valence-electron chi connectivity index (χ1n) is 7.68. The highest BCUT2D eigenvalue weighted by Gasteiger charge is 2.57. The summed E-state index contributed by atoms with van der Waals surface area (Å²) in [6.07, 6.45) is 7.08. The lowest BCUT2D eigenvalue weighted by atomic mass is 9.80. The normalized spacial score (nSPS) is 37.6. The van der Waals surface area contributed by atoms with E-state index in [1.165, 1.54) is 19.3 Å². The van der Waals surface area contributed by atoms with Crippen molar-refractivity contribution in [1.29, 1.82) is 0 Å². The number of Topliss-reactive ketones (excluding diaryl/α,β-unsaturated/α-hetero) is 1. The molecule has 18 heavy (non-hydrogen) atoms. The first kappa shape index (κ1) is 12.3. The zero-order valence-electron chi connectivity index (χ0n) is 11.6. The van der Waals surface area contributed by atoms with Crippen LogP contribution in [0.4, 0.5) is 0 Å². The number of unbranched alkanes of at least 4 members (excludes halogenated alkanes) is 1. The number of hydrogen-bond acceptors (Lipinski definition) is 2. The molecule has 0 heterocycles. The maximum absolute atomic E-state index is 12.6. The van der Waals surface area contributed by atoms with Gasteiger partial charge in [0.15, 0.2) is 5.78 Å². The number of hydrogen-bond donors (Lipinski definition) is 0. The molecule has 2 heteroatoms. The molecule has 0 saturated heterocycles. The Bertz CT molecular complexity index is 383. The third-order valence-corrected chi connectivity index (χ3v) is 5.20. The van der Waals surface area contributed by atoms with Crippen LogP contribution >= 0.6 is 0 Å². The topological polar surface area (TPSA) is 26.3 Å². The Hall–Kier alpha value is -0.790. The number of fused-ring (bicyclic) bond motifs is 5. The van der Waals surface area contributed by atoms with Gasteiger partial charge in [-0.2, -0.15) is 0 Å². The number of allylic oxidation sites excluding steroid dienone is 2. The van der Waals surface area contributed by atoms with Crippen molar-refractivity contribution in [1.82, 2.24) is 0 Å². The standard InChI is InChI=1S/C16H24O2/c1-3-5-6-12-15(17)13-10-7-8-11(9-10)14(13)16(12)18-4-2/h10-11,13-14H,3-9H2,1-2H3/t10-,11+,13+,14-/m0/s1. The van der Waals surface area contributed by atoms with Gasteiger partial charge in [0.25, 0.3) is 0 Å². The van der Waals surface area contributed by atoms with Gasteiger partial charge in [-0.3, -0.25) is 4.79 Å². The van der Waals surface area contributed by atoms with E-state index in [1.54, 1.807) is 0 Å². The third-order valence-electron chi connectivity index (χ3n) is 5.20. The van der Waals surface area contributed by atoms with Gasteiger partial charge in [0.05, 0.1) is 6.61 Å². The van der Waals surface area contributed by atoms with E-state index in [0.717, 1.165) is 36.5 Å². The van der Waals surface area contributed by atoms with Crippen LogP contribution < -0.4 is 0 Å². The predicted molar refractivity (Wildman–Crippen MR) is 71.0 cm³/mol. The van der Waals surface area contributed by atoms with E-state index in [1.807, 2.05) is 6.92 Å². The van der Waals surface area contributed by atoms with Crippen molar-refractivity contribution in [3.05, 3.63) is 11.3 Å². The molecule has 3 aliphatic carbocycles. The minimum atomic E-state index is 0.303. The van der Waals surface area contributed by atoms with Gasteiger partial charge in [-0.25, -0.2) is 0 Å². The fourth-order valence-corrected chi connectivity index (χ4v) is 4.51. The SMILES string of the molecule is CCCCC1=C(OCC)[C@H]2[C@@H]3CC[C@@H](C3)[C@H]2C1=O. The van der Waals surface area contributed by atoms with Crippen LogP contribution in [0.25, 0.3) is 0 Å². The van der Waals surface area contributed by atoms with Gasteiger partial charge in [-0.15, -0.1) is 0 Å². The summed E-state index contributed by atoms with van der Waals surface area (Å²) in [5.41, 5.74) is 1.06. The molecule has 0 spiro atoms. The summed E-state index contributed by atoms with van der Waals surface area (Å²) >= 11 is 0. The fourth-order valence-electron chi connectivity index (χ4n) is 4.51. The zero-order valence-corrected chi connectivity index (χ0v) is 11.6. The second-order valence-corrected chi connectivity index (χ2v) is 6.13. The molecule has 0 aliphatic heterocycles. The number of ketones is 1. The molecule has 2 fully saturated rings. The van der Waals surface area contributed by atoms with Crippen LogP contribution in [0.5, 0.6) is 0 Å². The smallest absolute Gasteiger partial charge is 0.166 e. The third kappa shape index (κ3) is 1.64. The van der Waals surface area contributed by atoms with Crippen LogP contribution in [-0.2, 0) is 9.53 Å². The summed E-state index contributed by atoms with van der Waals surface area (Å²) in [6, 6.07) is 0. The Labute approximate surface area is 110 Å². The molecule has 0 unspecified atom stereocenters. The van der Waals surface area contributed by atoms with Crippen molar-refractivity contribution in [2.75, 3.05) is 6.61 Å². The molecule has 4 atom stereocenters. The van der Waals surface area contributed by atoms with E-state index >= 15 is 0 Å². The second kappa shape index (κ2) is 4.71. The summed E-state index contributed by atoms with van der Waals surface area (Å²) in [5, 5.41) is 0. The highest BCUT2D eigenvalue weighted by molar-refractivity contribution is 6.01. The largest absolute Gasteiger partial charge is 0.497 e. The van der Waals surface area contributed by atoms with Crippen molar-refractivity contribution in [3.63, 3.8) is 0 Å². The summed E-state index contributed by atoms with van der Waals surface area (Å²) in [4.78, 5) is 12.6. The van der Waals surface area contributed by atoms with E-state index < -0.39 is 0 Å². The quantitative estimate of drug-likeness (QED) is 0.741. The average molecular weight is 248 g/mol. The molecule has 0 N–H and O–H groups in total. The van der Waals surface area contributed by atoms with Crippen LogP contribution in [-0.4, -0.2) is 12.4 Å². The number of ether oxygens (including phenoxy) is 1. The Kier molecular flexibility index (Phi) is 3.21. The van der Waals surface area contributed by atoms with E-state index in [4.69, 9.17) is 4.74 Å². The molecule has 3 rings (SSSR count). The fraction of sp³-hybridized carbons (Fsp3) is 0.812. The molecule has 0 aromatic heterocycles. The molecule has 0 radical (unpaired) electrons. The average Bonchev–Trinajstić information content (AvgIpc) is 3.02. The monoisotopic (exact) mass is 248 g/mol. The molecule has 2 nitrogen and oxygen atoms in total. The predicted octanol–water partition coefficient (Wildman–Crippen LogP) is 3.71. The summed E-state index contributed by atoms with van der Waals surface area (Å²) in [7, 11) is 0. The number of carbonyl (C=O) groups is 1. The van der Waals surface area contributed by atoms with E-state index in [2.05, 4.69) is 6.92 Å². The molecule has 0 aromatic rings. The first-order valence-corrected chi connectivity index (χ1v) is 7.68. The van der Waals surface area contributed by atoms with Crippen LogP contribution in [0.2, 0.25) is 0 Å². The Morgan fingerprint density at radius 2 is 1.89 bits per heavy atom. The number of carbonyl (C=O) groups excluding carboxylic acids is 1. The van der Waals surface area contributed by atoms with Gasteiger partial charge in [0.1, 0.15) is 5.76 Å². The minimum Gasteiger partial charge on any atom is -0.497 e. The summed E-state index contributed by atoms with van der Waals surface area (Å²) < 4.78 is 5.91. The van der Waals surface area contributed by atoms with E-state index in [0.29, 0.717) is 30.1 Å². The van der Waals surface area contributed by atoms with Crippen molar-refractivity contribution in [3.8, 4) is 0 Å². The molecule has 0 amide bonds. The molecule has 100 valence electrons. The van der Waals surface area contributed by atoms with Gasteiger partial charge < -0.3 is 4.74 Å². The van der Waals surface area contributed by atoms with Crippen molar-refractivity contribution in [2.45, 2.75) is 52.4 Å². The second-order valence-electron chi connectivity index (χ2n) is 6.13. The highest BCUT2D eigenvalue weighted by atomic mass is 16.5. The van der Waals surface area contributed by atoms with Gasteiger partial charge >= 0.3 is 0 Å². The zero-order chi connectivity index (χ0) is 12.7. The molecular weight excluding hydrogens is 224 g/mol. The van der Waals surface area contributed by atoms with Crippen molar-refractivity contribution >= 4 is 5.78 Å². The lowest BCUT2D eigenvalue weighted by molar-refractivity contribution is -0.120. The molecule has 0 aromatic carbocycles. The lowest BCUT2D eigenvalue weighted by Gasteiger charge is -2.25. The van der Waals surface area contributed by atoms with Crippen molar-refractivity contribution in [2.24, 2.45) is 23.7 Å². The van der Waals surface area contributed by atoms with E-state index in [9.17, 15) is 4.79 Å². The van der Waals surface area contributed by atoms with Crippen molar-refractivity contribution < 1.29 is 9.53 Å². The van der Waals surface area contributed by atoms with Crippen LogP contribution in [0.3, 0.4) is 0 Å². The molecule has 2 saturated carbocycles. The van der Waals surface area contributed by atoms with Crippen LogP contribution in [0.1, 0.15) is 52.4 Å². The maximum atomic E-state index is 12.6. The summed E-state index contributed by atoms with van der Waals surface area (Å²) in [5.74, 6) is 3.73. The molecular formula is C16H24O2. The molecule has 2 bridgehead atoms. The van der Waals surface area contributed by atoms with Gasteiger partial charge in [0, 0.05) is 17.4 Å². The van der Waals surface area contributed by atoms with Gasteiger partial charge in [0.2, 0.25) is 0 Å². The Morgan fingerprint density at radius 1 is 1.17 bits per heavy atom. The molecule has 3 aliphatic rings. The van der Waals surface area contributed by atoms with Gasteiger partial charge in [-0.1, -0.05) is 13.3 Å². The van der Waals surface area contributed by atoms with Crippen LogP contribution in [0, 0.1) is 23.7 Å². The summed E-state index contributed by atoms with van der Waals surface area (Å²) in [6.45, 7) is 4.93. The number of rotatable bonds is 5. The maximum Gasteiger partial charge on any atom is 0.166 e. The lowest BCUT2D eigenvalue weighted by Crippen LogP contribution is -2.25. The highest BCUT2D eigenvalue weighted by Crippen LogP contribution is 2.59. The first-order chi connectivity index (χ1) is 8.77. The Balaban J connectivity index is 1.89. The van der Waals surface area contributed by atoms with Crippen LogP contribution in [0.15, 0.2) is 11.3 Å². The Morgan fingerprint density at radius 3 is 2.56 bits per heavy atom. The van der Waals surface area contributed by atoms with Gasteiger partial charge in [-0.05, 0) is 50.9 Å². The van der Waals surface area contributed by atoms with E-state index in [-0.39, 0.29) is 0 Å².